The zero-order valence-electron chi connectivity index (χ0n) is 13.1. The van der Waals surface area contributed by atoms with Gasteiger partial charge in [-0.3, -0.25) is 4.79 Å². The summed E-state index contributed by atoms with van der Waals surface area (Å²) in [5.41, 5.74) is 0.861. The van der Waals surface area contributed by atoms with Crippen molar-refractivity contribution >= 4 is 21.8 Å². The average Bonchev–Trinajstić information content (AvgIpc) is 2.98. The van der Waals surface area contributed by atoms with Gasteiger partial charge >= 0.3 is 0 Å². The quantitative estimate of drug-likeness (QED) is 0.888. The van der Waals surface area contributed by atoms with E-state index in [9.17, 15) is 4.79 Å². The molecule has 0 radical (unpaired) electrons. The molecule has 1 aromatic carbocycles. The molecule has 0 saturated heterocycles. The summed E-state index contributed by atoms with van der Waals surface area (Å²) in [6, 6.07) is 7.94. The molecule has 7 heteroatoms. The molecule has 3 rings (SSSR count). The molecule has 1 aromatic heterocycles. The van der Waals surface area contributed by atoms with Gasteiger partial charge in [0.1, 0.15) is 6.54 Å². The van der Waals surface area contributed by atoms with Gasteiger partial charge in [-0.15, -0.1) is 10.2 Å². The molecule has 0 bridgehead atoms. The number of nitrogens with one attached hydrogen (secondary N) is 1. The van der Waals surface area contributed by atoms with Crippen LogP contribution in [0.15, 0.2) is 28.7 Å². The van der Waals surface area contributed by atoms with Crippen molar-refractivity contribution < 1.29 is 4.79 Å². The molecule has 1 saturated carbocycles. The third-order valence-electron chi connectivity index (χ3n) is 4.31. The minimum absolute atomic E-state index is 0.0557. The van der Waals surface area contributed by atoms with Crippen molar-refractivity contribution in [2.45, 2.75) is 45.2 Å². The fourth-order valence-corrected chi connectivity index (χ4v) is 3.43. The van der Waals surface area contributed by atoms with Crippen molar-refractivity contribution in [3.63, 3.8) is 0 Å². The van der Waals surface area contributed by atoms with E-state index >= 15 is 0 Å². The maximum Gasteiger partial charge on any atom is 0.243 e. The SMILES string of the molecule is C[C@H]1CCCC[C@@H]1NC(=O)Cn1nnc(-c2ccccc2Br)n1. The van der Waals surface area contributed by atoms with Gasteiger partial charge in [-0.25, -0.2) is 0 Å². The number of carbonyl (C=O) groups excluding carboxylic acids is 1. The summed E-state index contributed by atoms with van der Waals surface area (Å²) >= 11 is 3.47. The van der Waals surface area contributed by atoms with Crippen LogP contribution in [0.5, 0.6) is 0 Å². The van der Waals surface area contributed by atoms with Gasteiger partial charge < -0.3 is 5.32 Å². The average molecular weight is 378 g/mol. The Morgan fingerprint density at radius 3 is 2.91 bits per heavy atom. The van der Waals surface area contributed by atoms with Crippen LogP contribution in [0.1, 0.15) is 32.6 Å². The first-order chi connectivity index (χ1) is 11.1. The Balaban J connectivity index is 1.62. The first-order valence-corrected chi connectivity index (χ1v) is 8.75. The lowest BCUT2D eigenvalue weighted by Crippen LogP contribution is -2.42. The molecule has 122 valence electrons. The molecular formula is C16H20BrN5O. The standard InChI is InChI=1S/C16H20BrN5O/c1-11-6-2-5-9-14(11)18-15(23)10-22-20-16(19-21-22)12-7-3-4-8-13(12)17/h3-4,7-8,11,14H,2,5-6,9-10H2,1H3,(H,18,23)/t11-,14-/m0/s1. The van der Waals surface area contributed by atoms with Crippen LogP contribution in [0.4, 0.5) is 0 Å². The normalized spacial score (nSPS) is 21.1. The molecule has 0 spiro atoms. The van der Waals surface area contributed by atoms with Gasteiger partial charge in [-0.05, 0) is 36.1 Å². The Bertz CT molecular complexity index is 687. The number of hydrogen-bond acceptors (Lipinski definition) is 4. The monoisotopic (exact) mass is 377 g/mol. The van der Waals surface area contributed by atoms with E-state index in [1.807, 2.05) is 24.3 Å². The molecule has 1 aliphatic rings. The Hall–Kier alpha value is -1.76. The van der Waals surface area contributed by atoms with Crippen molar-refractivity contribution in [3.8, 4) is 11.4 Å². The summed E-state index contributed by atoms with van der Waals surface area (Å²) in [6.07, 6.45) is 4.68. The highest BCUT2D eigenvalue weighted by Gasteiger charge is 2.23. The van der Waals surface area contributed by atoms with E-state index in [1.165, 1.54) is 24.1 Å². The third kappa shape index (κ3) is 3.96. The maximum absolute atomic E-state index is 12.2. The fourth-order valence-electron chi connectivity index (χ4n) is 2.97. The van der Waals surface area contributed by atoms with Gasteiger partial charge in [0.05, 0.1) is 0 Å². The molecule has 0 aliphatic heterocycles. The lowest BCUT2D eigenvalue weighted by molar-refractivity contribution is -0.123. The molecule has 2 atom stereocenters. The zero-order valence-corrected chi connectivity index (χ0v) is 14.7. The van der Waals surface area contributed by atoms with Crippen molar-refractivity contribution in [1.82, 2.24) is 25.5 Å². The topological polar surface area (TPSA) is 72.7 Å². The molecule has 2 aromatic rings. The van der Waals surface area contributed by atoms with Crippen molar-refractivity contribution in [3.05, 3.63) is 28.7 Å². The van der Waals surface area contributed by atoms with Crippen molar-refractivity contribution in [1.29, 1.82) is 0 Å². The predicted molar refractivity (Wildman–Crippen MR) is 90.5 cm³/mol. The highest BCUT2D eigenvalue weighted by Crippen LogP contribution is 2.25. The molecule has 1 N–H and O–H groups in total. The van der Waals surface area contributed by atoms with E-state index in [-0.39, 0.29) is 18.5 Å². The number of amides is 1. The highest BCUT2D eigenvalue weighted by atomic mass is 79.9. The van der Waals surface area contributed by atoms with Crippen LogP contribution >= 0.6 is 15.9 Å². The lowest BCUT2D eigenvalue weighted by atomic mass is 9.86. The second-order valence-corrected chi connectivity index (χ2v) is 6.91. The van der Waals surface area contributed by atoms with Gasteiger partial charge in [0.25, 0.3) is 0 Å². The summed E-state index contributed by atoms with van der Waals surface area (Å²) < 4.78 is 0.903. The van der Waals surface area contributed by atoms with Crippen LogP contribution in [0.3, 0.4) is 0 Å². The Kier molecular flexibility index (Phi) is 5.05. The number of carbonyl (C=O) groups is 1. The number of rotatable bonds is 4. The number of halogens is 1. The second-order valence-electron chi connectivity index (χ2n) is 6.06. The number of hydrogen-bond donors (Lipinski definition) is 1. The largest absolute Gasteiger partial charge is 0.351 e. The zero-order chi connectivity index (χ0) is 16.2. The number of aromatic nitrogens is 4. The molecular weight excluding hydrogens is 358 g/mol. The lowest BCUT2D eigenvalue weighted by Gasteiger charge is -2.29. The summed E-state index contributed by atoms with van der Waals surface area (Å²) in [5.74, 6) is 0.989. The number of tetrazole rings is 1. The van der Waals surface area contributed by atoms with Crippen LogP contribution in [0.25, 0.3) is 11.4 Å². The van der Waals surface area contributed by atoms with Gasteiger partial charge in [0, 0.05) is 16.1 Å². The molecule has 23 heavy (non-hydrogen) atoms. The first kappa shape index (κ1) is 16.1. The maximum atomic E-state index is 12.2. The summed E-state index contributed by atoms with van der Waals surface area (Å²) in [5, 5.41) is 15.4. The summed E-state index contributed by atoms with van der Waals surface area (Å²) in [6.45, 7) is 2.30. The van der Waals surface area contributed by atoms with Crippen LogP contribution in [-0.4, -0.2) is 32.2 Å². The van der Waals surface area contributed by atoms with E-state index in [4.69, 9.17) is 0 Å². The Morgan fingerprint density at radius 1 is 1.35 bits per heavy atom. The molecule has 1 heterocycles. The second kappa shape index (κ2) is 7.21. The van der Waals surface area contributed by atoms with Crippen LogP contribution in [0, 0.1) is 5.92 Å². The summed E-state index contributed by atoms with van der Waals surface area (Å²) in [7, 11) is 0. The van der Waals surface area contributed by atoms with Crippen molar-refractivity contribution in [2.75, 3.05) is 0 Å². The van der Waals surface area contributed by atoms with E-state index in [2.05, 4.69) is 43.6 Å². The van der Waals surface area contributed by atoms with Gasteiger partial charge in [-0.1, -0.05) is 47.8 Å². The molecule has 6 nitrogen and oxygen atoms in total. The number of benzene rings is 1. The van der Waals surface area contributed by atoms with E-state index in [0.717, 1.165) is 16.5 Å². The molecule has 1 fully saturated rings. The highest BCUT2D eigenvalue weighted by molar-refractivity contribution is 9.10. The summed E-state index contributed by atoms with van der Waals surface area (Å²) in [4.78, 5) is 13.5. The van der Waals surface area contributed by atoms with Crippen LogP contribution < -0.4 is 5.32 Å². The van der Waals surface area contributed by atoms with E-state index < -0.39 is 0 Å². The van der Waals surface area contributed by atoms with E-state index in [0.29, 0.717) is 11.7 Å². The minimum atomic E-state index is -0.0557. The smallest absolute Gasteiger partial charge is 0.243 e. The predicted octanol–water partition coefficient (Wildman–Crippen LogP) is 2.80. The fraction of sp³-hybridized carbons (Fsp3) is 0.500. The first-order valence-electron chi connectivity index (χ1n) is 7.95. The molecule has 1 amide bonds. The van der Waals surface area contributed by atoms with E-state index in [1.54, 1.807) is 0 Å². The number of nitrogens with zero attached hydrogens (tertiary/aromatic N) is 4. The molecule has 0 unspecified atom stereocenters. The van der Waals surface area contributed by atoms with Gasteiger partial charge in [0.2, 0.25) is 11.7 Å². The van der Waals surface area contributed by atoms with Gasteiger partial charge in [0.15, 0.2) is 0 Å². The Morgan fingerprint density at radius 2 is 2.13 bits per heavy atom. The third-order valence-corrected chi connectivity index (χ3v) is 5.00. The van der Waals surface area contributed by atoms with Crippen LogP contribution in [0.2, 0.25) is 0 Å². The van der Waals surface area contributed by atoms with Crippen LogP contribution in [-0.2, 0) is 11.3 Å². The minimum Gasteiger partial charge on any atom is -0.351 e. The van der Waals surface area contributed by atoms with Crippen molar-refractivity contribution in [2.24, 2.45) is 5.92 Å². The Labute approximate surface area is 143 Å². The molecule has 1 aliphatic carbocycles. The van der Waals surface area contributed by atoms with Gasteiger partial charge in [-0.2, -0.15) is 4.80 Å².